The first-order chi connectivity index (χ1) is 6.72. The smallest absolute Gasteiger partial charge is 0.195 e. The highest BCUT2D eigenvalue weighted by Gasteiger charge is 2.07. The molecule has 4 heteroatoms. The lowest BCUT2D eigenvalue weighted by Crippen LogP contribution is -2.00. The number of aromatic nitrogens is 2. The predicted octanol–water partition coefficient (Wildman–Crippen LogP) is 1.55. The number of ketones is 1. The van der Waals surface area contributed by atoms with Gasteiger partial charge in [0, 0.05) is 6.92 Å². The molecule has 14 heavy (non-hydrogen) atoms. The van der Waals surface area contributed by atoms with E-state index in [0.717, 1.165) is 5.52 Å². The van der Waals surface area contributed by atoms with E-state index in [1.54, 1.807) is 23.9 Å². The molecule has 2 heterocycles. The van der Waals surface area contributed by atoms with E-state index in [0.29, 0.717) is 11.6 Å². The van der Waals surface area contributed by atoms with Crippen molar-refractivity contribution in [2.45, 2.75) is 6.92 Å². The van der Waals surface area contributed by atoms with Gasteiger partial charge in [-0.25, -0.2) is 4.98 Å². The van der Waals surface area contributed by atoms with E-state index in [2.05, 4.69) is 4.98 Å². The maximum atomic E-state index is 11.2. The largest absolute Gasteiger partial charge is 0.495 e. The van der Waals surface area contributed by atoms with Crippen LogP contribution in [0.15, 0.2) is 24.5 Å². The van der Waals surface area contributed by atoms with Crippen LogP contribution >= 0.6 is 0 Å². The molecule has 0 aliphatic heterocycles. The monoisotopic (exact) mass is 190 g/mol. The maximum Gasteiger partial charge on any atom is 0.195 e. The minimum absolute atomic E-state index is 0.0572. The molecule has 0 aliphatic rings. The van der Waals surface area contributed by atoms with Gasteiger partial charge in [-0.15, -0.1) is 0 Å². The molecular formula is C10H10N2O2. The number of ether oxygens (including phenoxy) is 1. The minimum Gasteiger partial charge on any atom is -0.495 e. The topological polar surface area (TPSA) is 43.6 Å². The molecule has 0 radical (unpaired) electrons. The molecule has 0 amide bonds. The number of methoxy groups -OCH3 is 1. The molecule has 0 saturated heterocycles. The average Bonchev–Trinajstić information content (AvgIpc) is 2.59. The SMILES string of the molecule is COc1ccc2cnc(C(C)=O)n2c1. The second-order valence-corrected chi connectivity index (χ2v) is 3.00. The van der Waals surface area contributed by atoms with E-state index in [1.165, 1.54) is 6.92 Å². The third-order valence-corrected chi connectivity index (χ3v) is 2.05. The number of imidazole rings is 1. The first-order valence-corrected chi connectivity index (χ1v) is 4.24. The quantitative estimate of drug-likeness (QED) is 0.675. The predicted molar refractivity (Wildman–Crippen MR) is 51.7 cm³/mol. The molecule has 0 atom stereocenters. The van der Waals surface area contributed by atoms with Gasteiger partial charge in [-0.2, -0.15) is 0 Å². The van der Waals surface area contributed by atoms with Gasteiger partial charge in [-0.1, -0.05) is 0 Å². The van der Waals surface area contributed by atoms with Crippen molar-refractivity contribution in [1.29, 1.82) is 0 Å². The third kappa shape index (κ3) is 1.25. The molecule has 4 nitrogen and oxygen atoms in total. The summed E-state index contributed by atoms with van der Waals surface area (Å²) in [6.07, 6.45) is 3.41. The van der Waals surface area contributed by atoms with Crippen molar-refractivity contribution in [2.24, 2.45) is 0 Å². The van der Waals surface area contributed by atoms with Crippen LogP contribution in [0.25, 0.3) is 5.52 Å². The lowest BCUT2D eigenvalue weighted by molar-refractivity contribution is 0.100. The standard InChI is InChI=1S/C10H10N2O2/c1-7(13)10-11-5-8-3-4-9(14-2)6-12(8)10/h3-6H,1-2H3. The molecule has 72 valence electrons. The van der Waals surface area contributed by atoms with Crippen molar-refractivity contribution < 1.29 is 9.53 Å². The highest BCUT2D eigenvalue weighted by atomic mass is 16.5. The molecule has 0 aromatic carbocycles. The van der Waals surface area contributed by atoms with Gasteiger partial charge in [0.25, 0.3) is 0 Å². The molecule has 0 N–H and O–H groups in total. The Hall–Kier alpha value is -1.84. The highest BCUT2D eigenvalue weighted by molar-refractivity contribution is 5.91. The van der Waals surface area contributed by atoms with E-state index in [1.807, 2.05) is 12.1 Å². The van der Waals surface area contributed by atoms with Gasteiger partial charge in [0.05, 0.1) is 25.0 Å². The van der Waals surface area contributed by atoms with Crippen LogP contribution in [0.4, 0.5) is 0 Å². The Morgan fingerprint density at radius 3 is 2.93 bits per heavy atom. The van der Waals surface area contributed by atoms with Crippen LogP contribution in [0, 0.1) is 0 Å². The second kappa shape index (κ2) is 3.14. The fourth-order valence-electron chi connectivity index (χ4n) is 1.35. The fraction of sp³-hybridized carbons (Fsp3) is 0.200. The van der Waals surface area contributed by atoms with Gasteiger partial charge in [0.1, 0.15) is 5.75 Å². The first-order valence-electron chi connectivity index (χ1n) is 4.24. The lowest BCUT2D eigenvalue weighted by Gasteiger charge is -2.01. The number of fused-ring (bicyclic) bond motifs is 1. The summed E-state index contributed by atoms with van der Waals surface area (Å²) in [5.41, 5.74) is 0.885. The molecule has 0 unspecified atom stereocenters. The van der Waals surface area contributed by atoms with Crippen LogP contribution in [0.2, 0.25) is 0 Å². The Labute approximate surface area is 81.1 Å². The summed E-state index contributed by atoms with van der Waals surface area (Å²) in [5, 5.41) is 0. The van der Waals surface area contributed by atoms with Gasteiger partial charge < -0.3 is 4.74 Å². The average molecular weight is 190 g/mol. The molecule has 0 saturated carbocycles. The molecular weight excluding hydrogens is 180 g/mol. The number of carbonyl (C=O) groups is 1. The molecule has 0 fully saturated rings. The van der Waals surface area contributed by atoms with Crippen molar-refractivity contribution >= 4 is 11.3 Å². The summed E-state index contributed by atoms with van der Waals surface area (Å²) in [6, 6.07) is 3.69. The molecule has 2 aromatic heterocycles. The van der Waals surface area contributed by atoms with Crippen LogP contribution in [0.1, 0.15) is 17.5 Å². The molecule has 0 spiro atoms. The summed E-state index contributed by atoms with van der Waals surface area (Å²) < 4.78 is 6.79. The van der Waals surface area contributed by atoms with Crippen LogP contribution in [-0.4, -0.2) is 22.3 Å². The zero-order chi connectivity index (χ0) is 10.1. The number of hydrogen-bond donors (Lipinski definition) is 0. The van der Waals surface area contributed by atoms with E-state index in [4.69, 9.17) is 4.74 Å². The Kier molecular flexibility index (Phi) is 1.96. The van der Waals surface area contributed by atoms with Crippen molar-refractivity contribution in [3.05, 3.63) is 30.4 Å². The van der Waals surface area contributed by atoms with Crippen LogP contribution in [0.5, 0.6) is 5.75 Å². The lowest BCUT2D eigenvalue weighted by atomic mass is 10.4. The maximum absolute atomic E-state index is 11.2. The molecule has 2 rings (SSSR count). The second-order valence-electron chi connectivity index (χ2n) is 3.00. The first kappa shape index (κ1) is 8.74. The number of pyridine rings is 1. The van der Waals surface area contributed by atoms with Crippen molar-refractivity contribution in [3.8, 4) is 5.75 Å². The van der Waals surface area contributed by atoms with E-state index in [-0.39, 0.29) is 5.78 Å². The van der Waals surface area contributed by atoms with Gasteiger partial charge in [-0.3, -0.25) is 9.20 Å². The molecule has 0 bridgehead atoms. The van der Waals surface area contributed by atoms with Crippen LogP contribution in [-0.2, 0) is 0 Å². The Balaban J connectivity index is 2.69. The normalized spacial score (nSPS) is 10.4. The number of rotatable bonds is 2. The zero-order valence-electron chi connectivity index (χ0n) is 8.02. The van der Waals surface area contributed by atoms with Crippen LogP contribution in [0.3, 0.4) is 0 Å². The summed E-state index contributed by atoms with van der Waals surface area (Å²) in [6.45, 7) is 1.49. The van der Waals surface area contributed by atoms with E-state index in [9.17, 15) is 4.79 Å². The minimum atomic E-state index is -0.0572. The van der Waals surface area contributed by atoms with Crippen LogP contribution < -0.4 is 4.74 Å². The Morgan fingerprint density at radius 1 is 1.50 bits per heavy atom. The van der Waals surface area contributed by atoms with Crippen molar-refractivity contribution in [3.63, 3.8) is 0 Å². The summed E-state index contributed by atoms with van der Waals surface area (Å²) >= 11 is 0. The molecule has 0 aliphatic carbocycles. The third-order valence-electron chi connectivity index (χ3n) is 2.05. The summed E-state index contributed by atoms with van der Waals surface area (Å²) in [5.74, 6) is 1.08. The Morgan fingerprint density at radius 2 is 2.29 bits per heavy atom. The number of hydrogen-bond acceptors (Lipinski definition) is 3. The van der Waals surface area contributed by atoms with Crippen molar-refractivity contribution in [2.75, 3.05) is 7.11 Å². The van der Waals surface area contributed by atoms with Crippen molar-refractivity contribution in [1.82, 2.24) is 9.38 Å². The zero-order valence-corrected chi connectivity index (χ0v) is 8.02. The van der Waals surface area contributed by atoms with Gasteiger partial charge in [-0.05, 0) is 12.1 Å². The van der Waals surface area contributed by atoms with E-state index >= 15 is 0 Å². The summed E-state index contributed by atoms with van der Waals surface area (Å²) in [7, 11) is 1.59. The summed E-state index contributed by atoms with van der Waals surface area (Å²) in [4.78, 5) is 15.2. The van der Waals surface area contributed by atoms with Gasteiger partial charge in [0.2, 0.25) is 0 Å². The number of nitrogens with zero attached hydrogens (tertiary/aromatic N) is 2. The fourth-order valence-corrected chi connectivity index (χ4v) is 1.35. The number of Topliss-reactive ketones (excluding diaryl/α,β-unsaturated/α-hetero) is 1. The highest BCUT2D eigenvalue weighted by Crippen LogP contribution is 2.14. The van der Waals surface area contributed by atoms with Gasteiger partial charge in [0.15, 0.2) is 11.6 Å². The van der Waals surface area contributed by atoms with Gasteiger partial charge >= 0.3 is 0 Å². The number of carbonyl (C=O) groups excluding carboxylic acids is 1. The molecule has 2 aromatic rings. The Bertz CT molecular complexity index is 488. The van der Waals surface area contributed by atoms with E-state index < -0.39 is 0 Å².